The van der Waals surface area contributed by atoms with Crippen LogP contribution in [0.5, 0.6) is 5.75 Å². The molecule has 0 bridgehead atoms. The number of hydrogen-bond acceptors (Lipinski definition) is 5. The molecule has 1 aliphatic heterocycles. The monoisotopic (exact) mass is 452 g/mol. The van der Waals surface area contributed by atoms with Crippen molar-refractivity contribution in [2.24, 2.45) is 11.8 Å². The molecule has 166 valence electrons. The van der Waals surface area contributed by atoms with Crippen molar-refractivity contribution >= 4 is 17.4 Å². The third kappa shape index (κ3) is 4.57. The highest BCUT2D eigenvalue weighted by molar-refractivity contribution is 6.33. The molecule has 32 heavy (non-hydrogen) atoms. The number of hydrogen-bond donors (Lipinski definition) is 1. The van der Waals surface area contributed by atoms with Gasteiger partial charge in [-0.25, -0.2) is 4.39 Å². The molecule has 7 heteroatoms. The van der Waals surface area contributed by atoms with Gasteiger partial charge in [-0.3, -0.25) is 4.90 Å². The summed E-state index contributed by atoms with van der Waals surface area (Å²) >= 11 is 6.18. The van der Waals surface area contributed by atoms with Crippen LogP contribution in [-0.4, -0.2) is 41.3 Å². The normalized spacial score (nSPS) is 22.7. The minimum Gasteiger partial charge on any atom is -0.497 e. The maximum atomic E-state index is 13.5. The van der Waals surface area contributed by atoms with Crippen LogP contribution in [0.2, 0.25) is 5.02 Å². The molecule has 3 aromatic rings. The Morgan fingerprint density at radius 2 is 1.78 bits per heavy atom. The summed E-state index contributed by atoms with van der Waals surface area (Å²) in [7, 11) is 1.70. The number of fused-ring (bicyclic) bond motifs is 1. The van der Waals surface area contributed by atoms with Gasteiger partial charge in [0.2, 0.25) is 0 Å². The standard InChI is InChI=1S/C25H26ClFN4O/c1-32-21-5-2-16(3-6-21)13-31-14-17-10-20(11-18(17)15-31)28-25-9-8-24(29-30-25)22-12-19(27)4-7-23(22)26/h2-9,12,17-18,20H,10-11,13-15H2,1H3,(H,28,30)/t17-,18+,20+. The molecule has 1 aromatic heterocycles. The van der Waals surface area contributed by atoms with Gasteiger partial charge in [-0.2, -0.15) is 0 Å². The highest BCUT2D eigenvalue weighted by atomic mass is 35.5. The third-order valence-corrected chi connectivity index (χ3v) is 6.94. The molecule has 1 N–H and O–H groups in total. The van der Waals surface area contributed by atoms with Crippen LogP contribution in [-0.2, 0) is 6.54 Å². The van der Waals surface area contributed by atoms with Crippen LogP contribution in [0.4, 0.5) is 10.2 Å². The van der Waals surface area contributed by atoms with Gasteiger partial charge in [0.1, 0.15) is 17.4 Å². The number of halogens is 2. The van der Waals surface area contributed by atoms with E-state index in [2.05, 4.69) is 32.5 Å². The van der Waals surface area contributed by atoms with Gasteiger partial charge in [0.05, 0.1) is 17.8 Å². The molecule has 1 aliphatic carbocycles. The van der Waals surface area contributed by atoms with E-state index in [0.29, 0.717) is 34.2 Å². The van der Waals surface area contributed by atoms with Crippen LogP contribution in [0.3, 0.4) is 0 Å². The maximum Gasteiger partial charge on any atom is 0.148 e. The molecule has 5 rings (SSSR count). The summed E-state index contributed by atoms with van der Waals surface area (Å²) in [6.45, 7) is 3.26. The molecule has 2 aromatic carbocycles. The van der Waals surface area contributed by atoms with Crippen LogP contribution >= 0.6 is 11.6 Å². The first-order valence-electron chi connectivity index (χ1n) is 11.0. The number of methoxy groups -OCH3 is 1. The van der Waals surface area contributed by atoms with E-state index in [1.54, 1.807) is 7.11 Å². The fourth-order valence-corrected chi connectivity index (χ4v) is 5.30. The van der Waals surface area contributed by atoms with E-state index in [1.807, 2.05) is 24.3 Å². The van der Waals surface area contributed by atoms with E-state index < -0.39 is 0 Å². The Morgan fingerprint density at radius 1 is 1.03 bits per heavy atom. The predicted octanol–water partition coefficient (Wildman–Crippen LogP) is 5.27. The van der Waals surface area contributed by atoms with E-state index >= 15 is 0 Å². The lowest BCUT2D eigenvalue weighted by Crippen LogP contribution is -2.25. The Balaban J connectivity index is 1.15. The lowest BCUT2D eigenvalue weighted by molar-refractivity contribution is 0.301. The Hall–Kier alpha value is -2.70. The van der Waals surface area contributed by atoms with Crippen LogP contribution in [0.1, 0.15) is 18.4 Å². The van der Waals surface area contributed by atoms with Crippen molar-refractivity contribution in [2.75, 3.05) is 25.5 Å². The molecule has 2 fully saturated rings. The van der Waals surface area contributed by atoms with Crippen molar-refractivity contribution in [1.82, 2.24) is 15.1 Å². The Labute approximate surface area is 192 Å². The smallest absolute Gasteiger partial charge is 0.148 e. The molecule has 1 saturated carbocycles. The van der Waals surface area contributed by atoms with Gasteiger partial charge in [-0.15, -0.1) is 10.2 Å². The first kappa shape index (κ1) is 21.2. The molecule has 3 atom stereocenters. The summed E-state index contributed by atoms with van der Waals surface area (Å²) in [5.74, 6) is 2.73. The number of nitrogens with zero attached hydrogens (tertiary/aromatic N) is 3. The molecule has 0 spiro atoms. The predicted molar refractivity (Wildman–Crippen MR) is 124 cm³/mol. The van der Waals surface area contributed by atoms with Crippen molar-refractivity contribution in [3.8, 4) is 17.0 Å². The first-order chi connectivity index (χ1) is 15.6. The zero-order valence-electron chi connectivity index (χ0n) is 18.0. The fourth-order valence-electron chi connectivity index (χ4n) is 5.09. The minimum atomic E-state index is -0.341. The first-order valence-corrected chi connectivity index (χ1v) is 11.4. The van der Waals surface area contributed by atoms with Crippen molar-refractivity contribution in [3.63, 3.8) is 0 Å². The SMILES string of the molecule is COc1ccc(CN2C[C@H]3C[C@H](Nc4ccc(-c5cc(F)ccc5Cl)nn4)C[C@H]3C2)cc1. The maximum absolute atomic E-state index is 13.5. The van der Waals surface area contributed by atoms with E-state index in [9.17, 15) is 4.39 Å². The number of ether oxygens (including phenoxy) is 1. The summed E-state index contributed by atoms with van der Waals surface area (Å²) < 4.78 is 18.8. The van der Waals surface area contributed by atoms with Crippen molar-refractivity contribution < 1.29 is 9.13 Å². The molecule has 0 unspecified atom stereocenters. The molecular formula is C25H26ClFN4O. The number of anilines is 1. The summed E-state index contributed by atoms with van der Waals surface area (Å²) in [4.78, 5) is 2.56. The molecule has 5 nitrogen and oxygen atoms in total. The van der Waals surface area contributed by atoms with Crippen LogP contribution in [0.25, 0.3) is 11.3 Å². The molecular weight excluding hydrogens is 427 g/mol. The molecule has 2 heterocycles. The average Bonchev–Trinajstić information content (AvgIpc) is 3.34. The topological polar surface area (TPSA) is 50.3 Å². The summed E-state index contributed by atoms with van der Waals surface area (Å²) in [6.07, 6.45) is 2.28. The zero-order chi connectivity index (χ0) is 22.1. The number of nitrogens with one attached hydrogen (secondary N) is 1. The fraction of sp³-hybridized carbons (Fsp3) is 0.360. The van der Waals surface area contributed by atoms with Gasteiger partial charge in [-0.1, -0.05) is 23.7 Å². The minimum absolute atomic E-state index is 0.341. The average molecular weight is 453 g/mol. The highest BCUT2D eigenvalue weighted by Gasteiger charge is 2.40. The van der Waals surface area contributed by atoms with Gasteiger partial charge < -0.3 is 10.1 Å². The molecule has 1 saturated heterocycles. The van der Waals surface area contributed by atoms with E-state index in [-0.39, 0.29) is 5.82 Å². The van der Waals surface area contributed by atoms with Gasteiger partial charge in [0, 0.05) is 31.2 Å². The van der Waals surface area contributed by atoms with Crippen molar-refractivity contribution in [1.29, 1.82) is 0 Å². The molecule has 2 aliphatic rings. The lowest BCUT2D eigenvalue weighted by atomic mass is 10.0. The zero-order valence-corrected chi connectivity index (χ0v) is 18.7. The van der Waals surface area contributed by atoms with E-state index in [4.69, 9.17) is 16.3 Å². The van der Waals surface area contributed by atoms with Gasteiger partial charge >= 0.3 is 0 Å². The number of rotatable bonds is 6. The largest absolute Gasteiger partial charge is 0.497 e. The second-order valence-corrected chi connectivity index (χ2v) is 9.21. The lowest BCUT2D eigenvalue weighted by Gasteiger charge is -2.20. The third-order valence-electron chi connectivity index (χ3n) is 6.61. The van der Waals surface area contributed by atoms with Crippen LogP contribution in [0, 0.1) is 17.7 Å². The highest BCUT2D eigenvalue weighted by Crippen LogP contribution is 2.39. The Kier molecular flexibility index (Phi) is 5.98. The van der Waals surface area contributed by atoms with Crippen LogP contribution in [0.15, 0.2) is 54.6 Å². The quantitative estimate of drug-likeness (QED) is 0.552. The molecule has 0 radical (unpaired) electrons. The Bertz CT molecular complexity index is 1060. The van der Waals surface area contributed by atoms with E-state index in [0.717, 1.165) is 44.0 Å². The Morgan fingerprint density at radius 3 is 2.44 bits per heavy atom. The summed E-state index contributed by atoms with van der Waals surface area (Å²) in [5.41, 5.74) is 2.45. The second kappa shape index (κ2) is 9.04. The summed E-state index contributed by atoms with van der Waals surface area (Å²) in [5, 5.41) is 12.6. The van der Waals surface area contributed by atoms with E-state index in [1.165, 1.54) is 23.8 Å². The molecule has 0 amide bonds. The van der Waals surface area contributed by atoms with Crippen molar-refractivity contribution in [2.45, 2.75) is 25.4 Å². The number of aromatic nitrogens is 2. The van der Waals surface area contributed by atoms with Gasteiger partial charge in [0.15, 0.2) is 0 Å². The van der Waals surface area contributed by atoms with Crippen LogP contribution < -0.4 is 10.1 Å². The van der Waals surface area contributed by atoms with Gasteiger partial charge in [-0.05, 0) is 72.7 Å². The summed E-state index contributed by atoms with van der Waals surface area (Å²) in [6, 6.07) is 16.8. The number of likely N-dealkylation sites (tertiary alicyclic amines) is 1. The van der Waals surface area contributed by atoms with Gasteiger partial charge in [0.25, 0.3) is 0 Å². The number of benzene rings is 2. The second-order valence-electron chi connectivity index (χ2n) is 8.80. The van der Waals surface area contributed by atoms with Crippen molar-refractivity contribution in [3.05, 3.63) is 71.0 Å².